The van der Waals surface area contributed by atoms with Gasteiger partial charge in [-0.1, -0.05) is 32.0 Å². The highest BCUT2D eigenvalue weighted by Gasteiger charge is 2.25. The van der Waals surface area contributed by atoms with Crippen LogP contribution in [0.15, 0.2) is 60.0 Å². The summed E-state index contributed by atoms with van der Waals surface area (Å²) < 4.78 is 11.3. The van der Waals surface area contributed by atoms with E-state index in [0.29, 0.717) is 43.7 Å². The number of thiophene rings is 1. The molecule has 1 aromatic heterocycles. The molecule has 8 heteroatoms. The van der Waals surface area contributed by atoms with Crippen molar-refractivity contribution in [2.45, 2.75) is 58.7 Å². The molecule has 0 aliphatic carbocycles. The number of nitrogens with one attached hydrogen (secondary N) is 1. The Morgan fingerprint density at radius 2 is 1.77 bits per heavy atom. The van der Waals surface area contributed by atoms with Crippen molar-refractivity contribution in [2.24, 2.45) is 5.73 Å². The summed E-state index contributed by atoms with van der Waals surface area (Å²) in [5.41, 5.74) is 9.32. The Labute approximate surface area is 236 Å². The number of aryl methyl sites for hydroxylation is 1. The second-order valence-corrected chi connectivity index (χ2v) is 10.8. The average molecular weight is 552 g/mol. The van der Waals surface area contributed by atoms with Crippen molar-refractivity contribution in [3.05, 3.63) is 87.1 Å². The highest BCUT2D eigenvalue weighted by Crippen LogP contribution is 2.18. The summed E-state index contributed by atoms with van der Waals surface area (Å²) in [6, 6.07) is 16.7. The number of carbonyl (C=O) groups excluding carboxylic acids is 2. The second kappa shape index (κ2) is 15.4. The summed E-state index contributed by atoms with van der Waals surface area (Å²) in [4.78, 5) is 29.6. The van der Waals surface area contributed by atoms with Gasteiger partial charge in [0.1, 0.15) is 11.9 Å². The van der Waals surface area contributed by atoms with E-state index in [0.717, 1.165) is 34.6 Å². The van der Waals surface area contributed by atoms with Crippen LogP contribution >= 0.6 is 11.3 Å². The quantitative estimate of drug-likeness (QED) is 0.252. The zero-order chi connectivity index (χ0) is 28.2. The molecule has 1 heterocycles. The standard InChI is InChI=1S/C31H41N3O4S/c1-5-12-34(13-6-2)30(35)24-15-22(3)16-25(18-24)31(36)38-29(28(32)19-27-11-8-14-39-27)21-33-20-23-9-7-10-26(17-23)37-4/h7-11,14-18,28-29,33H,5-6,12-13,19-21,32H2,1-4H3/t28-,29-/m1/s1. The molecule has 7 nitrogen and oxygen atoms in total. The van der Waals surface area contributed by atoms with Crippen LogP contribution in [0.4, 0.5) is 0 Å². The third-order valence-electron chi connectivity index (χ3n) is 6.40. The molecule has 210 valence electrons. The Morgan fingerprint density at radius 3 is 2.44 bits per heavy atom. The number of hydrogen-bond acceptors (Lipinski definition) is 7. The normalized spacial score (nSPS) is 12.5. The van der Waals surface area contributed by atoms with E-state index in [1.54, 1.807) is 30.6 Å². The van der Waals surface area contributed by atoms with Gasteiger partial charge in [-0.15, -0.1) is 11.3 Å². The van der Waals surface area contributed by atoms with Gasteiger partial charge in [-0.3, -0.25) is 4.79 Å². The molecule has 2 atom stereocenters. The summed E-state index contributed by atoms with van der Waals surface area (Å²) in [5.74, 6) is 0.232. The molecule has 0 spiro atoms. The van der Waals surface area contributed by atoms with Crippen LogP contribution in [0.1, 0.15) is 63.4 Å². The molecular weight excluding hydrogens is 510 g/mol. The number of esters is 1. The van der Waals surface area contributed by atoms with Gasteiger partial charge < -0.3 is 25.4 Å². The van der Waals surface area contributed by atoms with Crippen LogP contribution in [0, 0.1) is 6.92 Å². The van der Waals surface area contributed by atoms with Crippen LogP contribution in [0.25, 0.3) is 0 Å². The topological polar surface area (TPSA) is 93.9 Å². The van der Waals surface area contributed by atoms with Crippen molar-refractivity contribution < 1.29 is 19.1 Å². The van der Waals surface area contributed by atoms with Gasteiger partial charge in [0.05, 0.1) is 12.7 Å². The SMILES string of the molecule is CCCN(CCC)C(=O)c1cc(C)cc(C(=O)O[C@H](CNCc2cccc(OC)c2)[C@H](N)Cc2cccs2)c1. The maximum Gasteiger partial charge on any atom is 0.338 e. The van der Waals surface area contributed by atoms with Crippen LogP contribution in [0.2, 0.25) is 0 Å². The fraction of sp³-hybridized carbons (Fsp3) is 0.419. The molecule has 0 aliphatic rings. The van der Waals surface area contributed by atoms with Gasteiger partial charge in [0.25, 0.3) is 5.91 Å². The van der Waals surface area contributed by atoms with Gasteiger partial charge in [-0.2, -0.15) is 0 Å². The largest absolute Gasteiger partial charge is 0.497 e. The van der Waals surface area contributed by atoms with Crippen molar-refractivity contribution in [3.8, 4) is 5.75 Å². The highest BCUT2D eigenvalue weighted by atomic mass is 32.1. The number of nitrogens with zero attached hydrogens (tertiary/aromatic N) is 1. The monoisotopic (exact) mass is 551 g/mol. The minimum absolute atomic E-state index is 0.0673. The molecule has 0 bridgehead atoms. The van der Waals surface area contributed by atoms with Crippen LogP contribution in [-0.2, 0) is 17.7 Å². The number of amides is 1. The lowest BCUT2D eigenvalue weighted by Gasteiger charge is -2.25. The number of nitrogens with two attached hydrogens (primary N) is 1. The first kappa shape index (κ1) is 30.3. The maximum atomic E-state index is 13.4. The number of carbonyl (C=O) groups is 2. The second-order valence-electron chi connectivity index (χ2n) is 9.75. The summed E-state index contributed by atoms with van der Waals surface area (Å²) in [6.45, 7) is 8.30. The van der Waals surface area contributed by atoms with Gasteiger partial charge in [0, 0.05) is 49.1 Å². The lowest BCUT2D eigenvalue weighted by Crippen LogP contribution is -2.45. The molecule has 1 amide bonds. The van der Waals surface area contributed by atoms with Gasteiger partial charge in [0.2, 0.25) is 0 Å². The van der Waals surface area contributed by atoms with E-state index in [1.165, 1.54) is 0 Å². The predicted molar refractivity (Wildman–Crippen MR) is 158 cm³/mol. The smallest absolute Gasteiger partial charge is 0.338 e. The van der Waals surface area contributed by atoms with Gasteiger partial charge in [-0.25, -0.2) is 4.79 Å². The fourth-order valence-corrected chi connectivity index (χ4v) is 5.26. The zero-order valence-electron chi connectivity index (χ0n) is 23.4. The summed E-state index contributed by atoms with van der Waals surface area (Å²) in [7, 11) is 1.64. The first-order chi connectivity index (χ1) is 18.8. The average Bonchev–Trinajstić information content (AvgIpc) is 3.44. The van der Waals surface area contributed by atoms with Crippen molar-refractivity contribution in [1.82, 2.24) is 10.2 Å². The molecule has 3 rings (SSSR count). The molecule has 0 unspecified atom stereocenters. The summed E-state index contributed by atoms with van der Waals surface area (Å²) >= 11 is 1.63. The van der Waals surface area contributed by atoms with E-state index in [1.807, 2.05) is 59.7 Å². The molecule has 3 N–H and O–H groups in total. The van der Waals surface area contributed by atoms with E-state index in [4.69, 9.17) is 15.2 Å². The van der Waals surface area contributed by atoms with Crippen molar-refractivity contribution in [3.63, 3.8) is 0 Å². The van der Waals surface area contributed by atoms with Gasteiger partial charge in [0.15, 0.2) is 0 Å². The highest BCUT2D eigenvalue weighted by molar-refractivity contribution is 7.09. The molecule has 0 aliphatic heterocycles. The van der Waals surface area contributed by atoms with E-state index >= 15 is 0 Å². The Bertz CT molecular complexity index is 1190. The third kappa shape index (κ3) is 9.20. The van der Waals surface area contributed by atoms with Crippen LogP contribution in [0.5, 0.6) is 5.75 Å². The Kier molecular flexibility index (Phi) is 12.0. The Hall–Kier alpha value is -3.20. The van der Waals surface area contributed by atoms with Gasteiger partial charge >= 0.3 is 5.97 Å². The first-order valence-electron chi connectivity index (χ1n) is 13.6. The minimum Gasteiger partial charge on any atom is -0.497 e. The number of benzene rings is 2. The Morgan fingerprint density at radius 1 is 1.03 bits per heavy atom. The van der Waals surface area contributed by atoms with E-state index in [9.17, 15) is 9.59 Å². The lowest BCUT2D eigenvalue weighted by atomic mass is 10.0. The third-order valence-corrected chi connectivity index (χ3v) is 7.29. The number of ether oxygens (including phenoxy) is 2. The van der Waals surface area contributed by atoms with Crippen LogP contribution < -0.4 is 15.8 Å². The van der Waals surface area contributed by atoms with E-state index in [-0.39, 0.29) is 5.91 Å². The number of hydrogen-bond donors (Lipinski definition) is 2. The number of rotatable bonds is 15. The Balaban J connectivity index is 1.75. The molecule has 2 aromatic carbocycles. The number of methoxy groups -OCH3 is 1. The molecule has 39 heavy (non-hydrogen) atoms. The van der Waals surface area contributed by atoms with Crippen molar-refractivity contribution >= 4 is 23.2 Å². The molecule has 0 radical (unpaired) electrons. The molecule has 3 aromatic rings. The van der Waals surface area contributed by atoms with Gasteiger partial charge in [-0.05, 0) is 72.7 Å². The van der Waals surface area contributed by atoms with E-state index < -0.39 is 18.1 Å². The van der Waals surface area contributed by atoms with E-state index in [2.05, 4.69) is 19.2 Å². The van der Waals surface area contributed by atoms with Crippen molar-refractivity contribution in [1.29, 1.82) is 0 Å². The lowest BCUT2D eigenvalue weighted by molar-refractivity contribution is 0.0239. The molecule has 0 fully saturated rings. The minimum atomic E-state index is -0.568. The predicted octanol–water partition coefficient (Wildman–Crippen LogP) is 5.21. The first-order valence-corrected chi connectivity index (χ1v) is 14.5. The fourth-order valence-electron chi connectivity index (χ4n) is 4.48. The zero-order valence-corrected chi connectivity index (χ0v) is 24.3. The molecular formula is C31H41N3O4S. The van der Waals surface area contributed by atoms with Crippen molar-refractivity contribution in [2.75, 3.05) is 26.7 Å². The summed E-state index contributed by atoms with van der Waals surface area (Å²) in [5, 5.41) is 5.39. The summed E-state index contributed by atoms with van der Waals surface area (Å²) in [6.07, 6.45) is 1.77. The molecule has 0 saturated heterocycles. The maximum absolute atomic E-state index is 13.4. The molecule has 0 saturated carbocycles. The van der Waals surface area contributed by atoms with Crippen LogP contribution in [-0.4, -0.2) is 55.7 Å². The van der Waals surface area contributed by atoms with Crippen LogP contribution in [0.3, 0.4) is 0 Å².